The molecule has 2 aromatic rings. The zero-order valence-corrected chi connectivity index (χ0v) is 13.0. The van der Waals surface area contributed by atoms with Crippen LogP contribution < -0.4 is 0 Å². The minimum Gasteiger partial charge on any atom is -0.292 e. The topological polar surface area (TPSA) is 34.9 Å². The fourth-order valence-corrected chi connectivity index (χ4v) is 3.47. The number of aromatic nitrogens is 2. The number of hydrogen-bond donors (Lipinski definition) is 0. The first-order valence-electron chi connectivity index (χ1n) is 6.57. The maximum atomic E-state index is 12.4. The van der Waals surface area contributed by atoms with Gasteiger partial charge >= 0.3 is 0 Å². The molecule has 0 spiro atoms. The normalized spacial score (nSPS) is 11.0. The molecule has 0 unspecified atom stereocenters. The molecular formula is C15H20N2OS. The highest BCUT2D eigenvalue weighted by Gasteiger charge is 2.16. The molecule has 0 fully saturated rings. The van der Waals surface area contributed by atoms with Gasteiger partial charge < -0.3 is 0 Å². The van der Waals surface area contributed by atoms with Gasteiger partial charge in [0.05, 0.1) is 5.69 Å². The lowest BCUT2D eigenvalue weighted by Gasteiger charge is -2.04. The van der Waals surface area contributed by atoms with Gasteiger partial charge in [-0.15, -0.1) is 11.3 Å². The van der Waals surface area contributed by atoms with Gasteiger partial charge in [-0.05, 0) is 45.7 Å². The summed E-state index contributed by atoms with van der Waals surface area (Å²) in [5, 5.41) is 4.48. The van der Waals surface area contributed by atoms with Crippen LogP contribution in [0.25, 0.3) is 0 Å². The van der Waals surface area contributed by atoms with E-state index in [0.717, 1.165) is 28.2 Å². The molecule has 2 heterocycles. The molecule has 4 heteroatoms. The molecule has 19 heavy (non-hydrogen) atoms. The van der Waals surface area contributed by atoms with Crippen molar-refractivity contribution in [2.24, 2.45) is 0 Å². The summed E-state index contributed by atoms with van der Waals surface area (Å²) >= 11 is 1.67. The number of thiophene rings is 1. The van der Waals surface area contributed by atoms with Gasteiger partial charge in [0.2, 0.25) is 0 Å². The van der Waals surface area contributed by atoms with Gasteiger partial charge in [-0.25, -0.2) is 0 Å². The maximum Gasteiger partial charge on any atom is 0.185 e. The van der Waals surface area contributed by atoms with Crippen molar-refractivity contribution in [3.63, 3.8) is 0 Å². The second kappa shape index (κ2) is 5.29. The second-order valence-corrected chi connectivity index (χ2v) is 6.37. The van der Waals surface area contributed by atoms with Crippen molar-refractivity contribution in [2.45, 2.75) is 47.6 Å². The van der Waals surface area contributed by atoms with Crippen molar-refractivity contribution in [3.05, 3.63) is 38.3 Å². The van der Waals surface area contributed by atoms with Gasteiger partial charge in [-0.3, -0.25) is 9.48 Å². The number of Topliss-reactive ketones (excluding diaryl/α,β-unsaturated/α-hetero) is 1. The summed E-state index contributed by atoms with van der Waals surface area (Å²) in [6, 6.07) is 1.98. The summed E-state index contributed by atoms with van der Waals surface area (Å²) in [5.74, 6) is 0.148. The zero-order chi connectivity index (χ0) is 14.2. The number of hydrogen-bond acceptors (Lipinski definition) is 3. The van der Waals surface area contributed by atoms with E-state index in [2.05, 4.69) is 12.0 Å². The molecule has 2 aromatic heterocycles. The number of ketones is 1. The third-order valence-electron chi connectivity index (χ3n) is 3.52. The predicted octanol–water partition coefficient (Wildman–Crippen LogP) is 3.62. The van der Waals surface area contributed by atoms with E-state index in [4.69, 9.17) is 0 Å². The summed E-state index contributed by atoms with van der Waals surface area (Å²) in [5.41, 5.74) is 4.24. The first kappa shape index (κ1) is 14.0. The highest BCUT2D eigenvalue weighted by molar-refractivity contribution is 7.12. The molecule has 0 atom stereocenters. The Kier molecular flexibility index (Phi) is 3.90. The Morgan fingerprint density at radius 1 is 1.32 bits per heavy atom. The second-order valence-electron chi connectivity index (χ2n) is 4.91. The SMILES string of the molecule is CCc1c(C)nn(CC(=O)c2cc(C)sc2C)c1C. The summed E-state index contributed by atoms with van der Waals surface area (Å²) in [4.78, 5) is 14.6. The van der Waals surface area contributed by atoms with Crippen LogP contribution in [-0.4, -0.2) is 15.6 Å². The third kappa shape index (κ3) is 2.63. The average Bonchev–Trinajstić information content (AvgIpc) is 2.80. The Balaban J connectivity index is 2.27. The molecule has 0 N–H and O–H groups in total. The monoisotopic (exact) mass is 276 g/mol. The molecule has 102 valence electrons. The smallest absolute Gasteiger partial charge is 0.185 e. The molecule has 0 aliphatic carbocycles. The highest BCUT2D eigenvalue weighted by atomic mass is 32.1. The van der Waals surface area contributed by atoms with Gasteiger partial charge in [-0.1, -0.05) is 6.92 Å². The lowest BCUT2D eigenvalue weighted by Crippen LogP contribution is -2.13. The van der Waals surface area contributed by atoms with Crippen molar-refractivity contribution >= 4 is 17.1 Å². The van der Waals surface area contributed by atoms with E-state index in [0.29, 0.717) is 6.54 Å². The number of carbonyl (C=O) groups excluding carboxylic acids is 1. The Labute approximate surface area is 118 Å². The first-order chi connectivity index (χ1) is 8.93. The van der Waals surface area contributed by atoms with E-state index in [1.54, 1.807) is 11.3 Å². The van der Waals surface area contributed by atoms with Gasteiger partial charge in [0.25, 0.3) is 0 Å². The molecule has 3 nitrogen and oxygen atoms in total. The van der Waals surface area contributed by atoms with Gasteiger partial charge in [0.15, 0.2) is 5.78 Å². The van der Waals surface area contributed by atoms with Crippen LogP contribution in [0.3, 0.4) is 0 Å². The average molecular weight is 276 g/mol. The zero-order valence-electron chi connectivity index (χ0n) is 12.2. The lowest BCUT2D eigenvalue weighted by molar-refractivity contribution is 0.0966. The summed E-state index contributed by atoms with van der Waals surface area (Å²) in [6.45, 7) is 10.5. The Bertz CT molecular complexity index is 622. The van der Waals surface area contributed by atoms with Gasteiger partial charge in [0, 0.05) is 21.0 Å². The fourth-order valence-electron chi connectivity index (χ4n) is 2.53. The minimum absolute atomic E-state index is 0.148. The van der Waals surface area contributed by atoms with E-state index in [1.165, 1.54) is 10.4 Å². The molecule has 0 aromatic carbocycles. The summed E-state index contributed by atoms with van der Waals surface area (Å²) < 4.78 is 1.84. The van der Waals surface area contributed by atoms with E-state index >= 15 is 0 Å². The van der Waals surface area contributed by atoms with Crippen LogP contribution in [0, 0.1) is 27.7 Å². The lowest BCUT2D eigenvalue weighted by atomic mass is 10.1. The van der Waals surface area contributed by atoms with Crippen LogP contribution in [0.15, 0.2) is 6.07 Å². The minimum atomic E-state index is 0.148. The fraction of sp³-hybridized carbons (Fsp3) is 0.467. The molecule has 0 amide bonds. The Morgan fingerprint density at radius 2 is 2.00 bits per heavy atom. The summed E-state index contributed by atoms with van der Waals surface area (Å²) in [7, 11) is 0. The predicted molar refractivity (Wildman–Crippen MR) is 79.2 cm³/mol. The molecule has 0 radical (unpaired) electrons. The number of aryl methyl sites for hydroxylation is 3. The molecule has 0 bridgehead atoms. The third-order valence-corrected chi connectivity index (χ3v) is 4.49. The van der Waals surface area contributed by atoms with E-state index in [1.807, 2.05) is 38.4 Å². The number of rotatable bonds is 4. The Morgan fingerprint density at radius 3 is 2.47 bits per heavy atom. The molecule has 0 aliphatic rings. The highest BCUT2D eigenvalue weighted by Crippen LogP contribution is 2.22. The number of nitrogens with zero attached hydrogens (tertiary/aromatic N) is 2. The largest absolute Gasteiger partial charge is 0.292 e. The molecule has 0 saturated heterocycles. The molecule has 2 rings (SSSR count). The molecular weight excluding hydrogens is 256 g/mol. The molecule has 0 aliphatic heterocycles. The van der Waals surface area contributed by atoms with Crippen molar-refractivity contribution in [1.29, 1.82) is 0 Å². The van der Waals surface area contributed by atoms with E-state index < -0.39 is 0 Å². The molecule has 0 saturated carbocycles. The van der Waals surface area contributed by atoms with Crippen molar-refractivity contribution in [1.82, 2.24) is 9.78 Å². The van der Waals surface area contributed by atoms with Crippen LogP contribution in [-0.2, 0) is 13.0 Å². The van der Waals surface area contributed by atoms with Crippen LogP contribution in [0.1, 0.15) is 44.0 Å². The van der Waals surface area contributed by atoms with Crippen molar-refractivity contribution in [2.75, 3.05) is 0 Å². The maximum absolute atomic E-state index is 12.4. The standard InChI is InChI=1S/C15H20N2OS/c1-6-13-10(3)16-17(11(13)4)8-15(18)14-7-9(2)19-12(14)5/h7H,6,8H2,1-5H3. The summed E-state index contributed by atoms with van der Waals surface area (Å²) in [6.07, 6.45) is 0.961. The van der Waals surface area contributed by atoms with Crippen molar-refractivity contribution in [3.8, 4) is 0 Å². The quantitative estimate of drug-likeness (QED) is 0.799. The van der Waals surface area contributed by atoms with Crippen LogP contribution in [0.4, 0.5) is 0 Å². The van der Waals surface area contributed by atoms with Crippen LogP contribution in [0.5, 0.6) is 0 Å². The van der Waals surface area contributed by atoms with Crippen LogP contribution >= 0.6 is 11.3 Å². The van der Waals surface area contributed by atoms with E-state index in [-0.39, 0.29) is 5.78 Å². The van der Waals surface area contributed by atoms with Gasteiger partial charge in [-0.2, -0.15) is 5.10 Å². The Hall–Kier alpha value is -1.42. The van der Waals surface area contributed by atoms with Crippen LogP contribution in [0.2, 0.25) is 0 Å². The van der Waals surface area contributed by atoms with E-state index in [9.17, 15) is 4.79 Å². The number of carbonyl (C=O) groups is 1. The first-order valence-corrected chi connectivity index (χ1v) is 7.38. The van der Waals surface area contributed by atoms with Crippen molar-refractivity contribution < 1.29 is 4.79 Å². The van der Waals surface area contributed by atoms with Gasteiger partial charge in [0.1, 0.15) is 6.54 Å².